The summed E-state index contributed by atoms with van der Waals surface area (Å²) in [5, 5.41) is 0. The Labute approximate surface area is 108 Å². The van der Waals surface area contributed by atoms with Gasteiger partial charge in [0.2, 0.25) is 0 Å². The first-order valence-corrected chi connectivity index (χ1v) is 6.57. The van der Waals surface area contributed by atoms with Gasteiger partial charge in [-0.05, 0) is 18.4 Å². The minimum Gasteiger partial charge on any atom is -0.334 e. The van der Waals surface area contributed by atoms with Crippen molar-refractivity contribution in [2.24, 2.45) is 12.8 Å². The van der Waals surface area contributed by atoms with E-state index in [-0.39, 0.29) is 5.54 Å². The van der Waals surface area contributed by atoms with Crippen LogP contribution >= 0.6 is 0 Å². The minimum atomic E-state index is -0.164. The number of aromatic nitrogens is 2. The molecule has 2 aromatic rings. The SMILES string of the molecule is Cn1ccnc1-c1ccccc1C1(N)CCCC1. The lowest BCUT2D eigenvalue weighted by molar-refractivity contribution is 0.462. The first-order chi connectivity index (χ1) is 8.71. The van der Waals surface area contributed by atoms with Crippen molar-refractivity contribution in [2.75, 3.05) is 0 Å². The zero-order valence-corrected chi connectivity index (χ0v) is 10.8. The van der Waals surface area contributed by atoms with Crippen LogP contribution in [0.3, 0.4) is 0 Å². The molecule has 2 N–H and O–H groups in total. The molecule has 1 fully saturated rings. The third-order valence-electron chi connectivity index (χ3n) is 4.02. The summed E-state index contributed by atoms with van der Waals surface area (Å²) in [5.74, 6) is 1.00. The Morgan fingerprint density at radius 2 is 1.94 bits per heavy atom. The molecular formula is C15H19N3. The summed E-state index contributed by atoms with van der Waals surface area (Å²) >= 11 is 0. The fourth-order valence-corrected chi connectivity index (χ4v) is 3.01. The van der Waals surface area contributed by atoms with Gasteiger partial charge in [0.25, 0.3) is 0 Å². The summed E-state index contributed by atoms with van der Waals surface area (Å²) in [6.07, 6.45) is 8.42. The zero-order valence-electron chi connectivity index (χ0n) is 10.8. The molecule has 0 unspecified atom stereocenters. The van der Waals surface area contributed by atoms with Crippen LogP contribution in [0.2, 0.25) is 0 Å². The number of rotatable bonds is 2. The Kier molecular flexibility index (Phi) is 2.71. The second-order valence-corrected chi connectivity index (χ2v) is 5.27. The van der Waals surface area contributed by atoms with E-state index in [9.17, 15) is 0 Å². The normalized spacial score (nSPS) is 18.1. The lowest BCUT2D eigenvalue weighted by Gasteiger charge is -2.26. The smallest absolute Gasteiger partial charge is 0.139 e. The van der Waals surface area contributed by atoms with E-state index in [1.54, 1.807) is 0 Å². The molecule has 3 rings (SSSR count). The predicted octanol–water partition coefficient (Wildman–Crippen LogP) is 2.82. The highest BCUT2D eigenvalue weighted by atomic mass is 15.0. The average Bonchev–Trinajstić information content (AvgIpc) is 2.99. The van der Waals surface area contributed by atoms with Crippen LogP contribution in [0.25, 0.3) is 11.4 Å². The van der Waals surface area contributed by atoms with Crippen LogP contribution in [0.4, 0.5) is 0 Å². The number of hydrogen-bond donors (Lipinski definition) is 1. The Morgan fingerprint density at radius 3 is 2.61 bits per heavy atom. The van der Waals surface area contributed by atoms with Crippen LogP contribution in [-0.4, -0.2) is 9.55 Å². The standard InChI is InChI=1S/C15H19N3/c1-18-11-10-17-14(18)12-6-2-3-7-13(12)15(16)8-4-5-9-15/h2-3,6-7,10-11H,4-5,8-9,16H2,1H3. The predicted molar refractivity (Wildman–Crippen MR) is 73.0 cm³/mol. The molecule has 0 spiro atoms. The van der Waals surface area contributed by atoms with E-state index in [1.165, 1.54) is 24.0 Å². The van der Waals surface area contributed by atoms with Crippen molar-refractivity contribution < 1.29 is 0 Å². The molecule has 0 bridgehead atoms. The van der Waals surface area contributed by atoms with Crippen molar-refractivity contribution >= 4 is 0 Å². The molecule has 1 aliphatic carbocycles. The van der Waals surface area contributed by atoms with Crippen molar-refractivity contribution in [2.45, 2.75) is 31.2 Å². The van der Waals surface area contributed by atoms with Crippen LogP contribution in [-0.2, 0) is 12.6 Å². The molecule has 1 aliphatic rings. The molecule has 0 atom stereocenters. The third kappa shape index (κ3) is 1.75. The molecule has 0 saturated heterocycles. The number of nitrogens with zero attached hydrogens (tertiary/aromatic N) is 2. The van der Waals surface area contributed by atoms with Gasteiger partial charge in [0.15, 0.2) is 0 Å². The lowest BCUT2D eigenvalue weighted by Crippen LogP contribution is -2.33. The summed E-state index contributed by atoms with van der Waals surface area (Å²) in [7, 11) is 2.02. The fraction of sp³-hybridized carbons (Fsp3) is 0.400. The van der Waals surface area contributed by atoms with Crippen molar-refractivity contribution in [1.82, 2.24) is 9.55 Å². The highest BCUT2D eigenvalue weighted by Gasteiger charge is 2.33. The summed E-state index contributed by atoms with van der Waals surface area (Å²) in [6, 6.07) is 8.43. The largest absolute Gasteiger partial charge is 0.334 e. The second kappa shape index (κ2) is 4.25. The molecule has 0 aliphatic heterocycles. The number of hydrogen-bond acceptors (Lipinski definition) is 2. The number of imidazole rings is 1. The van der Waals surface area contributed by atoms with Gasteiger partial charge in [-0.25, -0.2) is 4.98 Å². The van der Waals surface area contributed by atoms with E-state index < -0.39 is 0 Å². The summed E-state index contributed by atoms with van der Waals surface area (Å²) < 4.78 is 2.05. The van der Waals surface area contributed by atoms with Gasteiger partial charge < -0.3 is 10.3 Å². The van der Waals surface area contributed by atoms with Gasteiger partial charge in [-0.15, -0.1) is 0 Å². The second-order valence-electron chi connectivity index (χ2n) is 5.27. The van der Waals surface area contributed by atoms with Gasteiger partial charge in [0.1, 0.15) is 5.82 Å². The van der Waals surface area contributed by atoms with Gasteiger partial charge >= 0.3 is 0 Å². The van der Waals surface area contributed by atoms with Crippen LogP contribution in [0.1, 0.15) is 31.2 Å². The monoisotopic (exact) mass is 241 g/mol. The molecule has 1 aromatic heterocycles. The van der Waals surface area contributed by atoms with E-state index in [2.05, 4.69) is 33.8 Å². The van der Waals surface area contributed by atoms with Gasteiger partial charge in [-0.3, -0.25) is 0 Å². The van der Waals surface area contributed by atoms with E-state index in [0.29, 0.717) is 0 Å². The van der Waals surface area contributed by atoms with Crippen LogP contribution < -0.4 is 5.73 Å². The van der Waals surface area contributed by atoms with Gasteiger partial charge in [0, 0.05) is 30.5 Å². The average molecular weight is 241 g/mol. The van der Waals surface area contributed by atoms with Crippen molar-refractivity contribution in [3.63, 3.8) is 0 Å². The maximum atomic E-state index is 6.60. The topological polar surface area (TPSA) is 43.8 Å². The molecule has 0 amide bonds. The Morgan fingerprint density at radius 1 is 1.22 bits per heavy atom. The van der Waals surface area contributed by atoms with Crippen LogP contribution in [0, 0.1) is 0 Å². The molecule has 18 heavy (non-hydrogen) atoms. The minimum absolute atomic E-state index is 0.164. The maximum absolute atomic E-state index is 6.60. The van der Waals surface area contributed by atoms with Crippen molar-refractivity contribution in [3.05, 3.63) is 42.2 Å². The van der Waals surface area contributed by atoms with E-state index in [4.69, 9.17) is 5.73 Å². The Hall–Kier alpha value is -1.61. The first-order valence-electron chi connectivity index (χ1n) is 6.57. The molecule has 0 radical (unpaired) electrons. The van der Waals surface area contributed by atoms with Crippen LogP contribution in [0.15, 0.2) is 36.7 Å². The molecule has 3 nitrogen and oxygen atoms in total. The summed E-state index contributed by atoms with van der Waals surface area (Å²) in [4.78, 5) is 4.46. The van der Waals surface area contributed by atoms with E-state index in [0.717, 1.165) is 18.7 Å². The summed E-state index contributed by atoms with van der Waals surface area (Å²) in [6.45, 7) is 0. The quantitative estimate of drug-likeness (QED) is 0.878. The van der Waals surface area contributed by atoms with Gasteiger partial charge in [-0.1, -0.05) is 37.1 Å². The van der Waals surface area contributed by atoms with E-state index in [1.807, 2.05) is 19.4 Å². The van der Waals surface area contributed by atoms with Crippen molar-refractivity contribution in [1.29, 1.82) is 0 Å². The lowest BCUT2D eigenvalue weighted by atomic mass is 9.85. The molecule has 1 aromatic carbocycles. The Balaban J connectivity index is 2.14. The maximum Gasteiger partial charge on any atom is 0.139 e. The van der Waals surface area contributed by atoms with Gasteiger partial charge in [-0.2, -0.15) is 0 Å². The van der Waals surface area contributed by atoms with Gasteiger partial charge in [0.05, 0.1) is 0 Å². The number of aryl methyl sites for hydroxylation is 1. The highest BCUT2D eigenvalue weighted by Crippen LogP contribution is 2.40. The molecular weight excluding hydrogens is 222 g/mol. The molecule has 94 valence electrons. The zero-order chi connectivity index (χ0) is 12.6. The molecule has 1 saturated carbocycles. The Bertz CT molecular complexity index is 550. The van der Waals surface area contributed by atoms with E-state index >= 15 is 0 Å². The summed E-state index contributed by atoms with van der Waals surface area (Å²) in [5.41, 5.74) is 8.86. The van der Waals surface area contributed by atoms with Crippen LogP contribution in [0.5, 0.6) is 0 Å². The molecule has 3 heteroatoms. The number of nitrogens with two attached hydrogens (primary N) is 1. The molecule has 1 heterocycles. The first kappa shape index (κ1) is 11.5. The highest BCUT2D eigenvalue weighted by molar-refractivity contribution is 5.62. The van der Waals surface area contributed by atoms with Crippen molar-refractivity contribution in [3.8, 4) is 11.4 Å². The fourth-order valence-electron chi connectivity index (χ4n) is 3.01. The number of benzene rings is 1. The third-order valence-corrected chi connectivity index (χ3v) is 4.02.